The van der Waals surface area contributed by atoms with Gasteiger partial charge in [-0.3, -0.25) is 9.11 Å². The van der Waals surface area contributed by atoms with Crippen LogP contribution in [0.5, 0.6) is 5.75 Å². The predicted octanol–water partition coefficient (Wildman–Crippen LogP) is 1.43. The quantitative estimate of drug-likeness (QED) is 0.0633. The summed E-state index contributed by atoms with van der Waals surface area (Å²) in [5.74, 6) is 1.28. The van der Waals surface area contributed by atoms with Crippen molar-refractivity contribution in [3.8, 4) is 17.1 Å². The fraction of sp³-hybridized carbons (Fsp3) is 0.619. The molecule has 0 radical (unpaired) electrons. The van der Waals surface area contributed by atoms with Gasteiger partial charge in [-0.1, -0.05) is 5.11 Å². The van der Waals surface area contributed by atoms with E-state index in [1.165, 1.54) is 0 Å². The number of rotatable bonds is 18. The van der Waals surface area contributed by atoms with Gasteiger partial charge >= 0.3 is 0 Å². The number of hydrogen-bond acceptors (Lipinski definition) is 12. The fourth-order valence-electron chi connectivity index (χ4n) is 2.81. The van der Waals surface area contributed by atoms with Crippen LogP contribution in [0, 0.1) is 6.92 Å². The molecule has 1 heterocycles. The van der Waals surface area contributed by atoms with Crippen molar-refractivity contribution < 1.29 is 30.7 Å². The van der Waals surface area contributed by atoms with Gasteiger partial charge in [-0.05, 0) is 88.6 Å². The minimum absolute atomic E-state index is 0.224. The Kier molecular flexibility index (Phi) is 16.7. The van der Waals surface area contributed by atoms with E-state index >= 15 is 0 Å². The fourth-order valence-corrected chi connectivity index (χ4v) is 3.83. The Bertz CT molecular complexity index is 1210. The number of nitrogens with zero attached hydrogens (tertiary/aromatic N) is 7. The molecule has 218 valence electrons. The Labute approximate surface area is 228 Å². The van der Waals surface area contributed by atoms with Gasteiger partial charge < -0.3 is 15.4 Å². The van der Waals surface area contributed by atoms with Gasteiger partial charge in [0, 0.05) is 17.0 Å². The zero-order valence-electron chi connectivity index (χ0n) is 21.7. The first kappa shape index (κ1) is 34.0. The lowest BCUT2D eigenvalue weighted by Crippen LogP contribution is -2.21. The van der Waals surface area contributed by atoms with Crippen LogP contribution in [0.25, 0.3) is 21.8 Å². The van der Waals surface area contributed by atoms with Crippen LogP contribution in [0.3, 0.4) is 0 Å². The number of azide groups is 1. The van der Waals surface area contributed by atoms with Gasteiger partial charge in [-0.2, -0.15) is 16.8 Å². The standard InChI is InChI=1S/C15H21N5O4S.C6H14N4O3S/c1-12-17-19-15(20-18-12)13-4-6-14(7-5-13)24-10-2-8-16-9-3-11-25(21,22)23;7-10-9-5-1-3-8-4-2-6-14(11,12)13/h4-7,16H,2-3,8-11H2,1H3,(H,21,22,23);8H,1-6H2,(H,11,12,13). The minimum atomic E-state index is -3.86. The van der Waals surface area contributed by atoms with Crippen molar-refractivity contribution in [2.75, 3.05) is 50.8 Å². The molecular formula is C21H35N9O7S2. The average molecular weight is 590 g/mol. The van der Waals surface area contributed by atoms with Crippen molar-refractivity contribution >= 4 is 20.2 Å². The largest absolute Gasteiger partial charge is 0.494 e. The first-order valence-corrected chi connectivity index (χ1v) is 15.3. The molecule has 0 spiro atoms. The van der Waals surface area contributed by atoms with Crippen LogP contribution in [0.2, 0.25) is 0 Å². The van der Waals surface area contributed by atoms with Crippen LogP contribution in [0.15, 0.2) is 29.4 Å². The van der Waals surface area contributed by atoms with E-state index in [-0.39, 0.29) is 11.5 Å². The molecule has 0 aliphatic heterocycles. The van der Waals surface area contributed by atoms with E-state index in [1.807, 2.05) is 24.3 Å². The molecule has 0 aliphatic carbocycles. The van der Waals surface area contributed by atoms with E-state index in [0.29, 0.717) is 63.8 Å². The Morgan fingerprint density at radius 3 is 1.87 bits per heavy atom. The molecule has 0 bridgehead atoms. The maximum atomic E-state index is 10.5. The van der Waals surface area contributed by atoms with Crippen molar-refractivity contribution in [1.82, 2.24) is 31.0 Å². The maximum Gasteiger partial charge on any atom is 0.264 e. The van der Waals surface area contributed by atoms with Gasteiger partial charge in [0.25, 0.3) is 20.2 Å². The number of benzene rings is 1. The van der Waals surface area contributed by atoms with Gasteiger partial charge in [-0.25, -0.2) is 0 Å². The summed E-state index contributed by atoms with van der Waals surface area (Å²) in [6.07, 6.45) is 2.25. The minimum Gasteiger partial charge on any atom is -0.494 e. The van der Waals surface area contributed by atoms with E-state index in [2.05, 4.69) is 41.1 Å². The summed E-state index contributed by atoms with van der Waals surface area (Å²) >= 11 is 0. The highest BCUT2D eigenvalue weighted by molar-refractivity contribution is 7.86. The summed E-state index contributed by atoms with van der Waals surface area (Å²) in [6, 6.07) is 7.35. The number of aryl methyl sites for hydroxylation is 1. The summed E-state index contributed by atoms with van der Waals surface area (Å²) < 4.78 is 64.3. The van der Waals surface area contributed by atoms with Crippen LogP contribution in [0.4, 0.5) is 0 Å². The van der Waals surface area contributed by atoms with Gasteiger partial charge in [0.05, 0.1) is 18.1 Å². The Morgan fingerprint density at radius 1 is 0.846 bits per heavy atom. The van der Waals surface area contributed by atoms with E-state index in [9.17, 15) is 16.8 Å². The van der Waals surface area contributed by atoms with E-state index < -0.39 is 20.2 Å². The summed E-state index contributed by atoms with van der Waals surface area (Å²) in [7, 11) is -7.70. The molecule has 0 atom stereocenters. The molecule has 1 aromatic carbocycles. The third-order valence-electron chi connectivity index (χ3n) is 4.64. The highest BCUT2D eigenvalue weighted by Crippen LogP contribution is 2.18. The van der Waals surface area contributed by atoms with Crippen molar-refractivity contribution in [3.63, 3.8) is 0 Å². The Hall–Kier alpha value is -2.99. The topological polar surface area (TPSA) is 242 Å². The molecule has 0 saturated heterocycles. The van der Waals surface area contributed by atoms with E-state index in [1.54, 1.807) is 6.92 Å². The number of hydrogen-bond donors (Lipinski definition) is 4. The van der Waals surface area contributed by atoms with Crippen LogP contribution in [-0.4, -0.2) is 97.2 Å². The zero-order chi connectivity index (χ0) is 29.0. The third-order valence-corrected chi connectivity index (χ3v) is 6.25. The summed E-state index contributed by atoms with van der Waals surface area (Å²) in [4.78, 5) is 2.59. The highest BCUT2D eigenvalue weighted by atomic mass is 32.2. The summed E-state index contributed by atoms with van der Waals surface area (Å²) in [5.41, 5.74) is 8.75. The van der Waals surface area contributed by atoms with Crippen LogP contribution in [0.1, 0.15) is 31.5 Å². The van der Waals surface area contributed by atoms with Crippen molar-refractivity contribution in [3.05, 3.63) is 40.5 Å². The molecule has 2 aromatic rings. The first-order valence-electron chi connectivity index (χ1n) is 12.1. The van der Waals surface area contributed by atoms with Gasteiger partial charge in [0.1, 0.15) is 5.75 Å². The molecule has 0 saturated carbocycles. The average Bonchev–Trinajstić information content (AvgIpc) is 2.87. The lowest BCUT2D eigenvalue weighted by molar-refractivity contribution is 0.308. The van der Waals surface area contributed by atoms with Gasteiger partial charge in [-0.15, -0.1) is 20.4 Å². The lowest BCUT2D eigenvalue weighted by Gasteiger charge is -2.07. The van der Waals surface area contributed by atoms with Crippen LogP contribution < -0.4 is 15.4 Å². The molecule has 0 unspecified atom stereocenters. The second-order valence-corrected chi connectivity index (χ2v) is 11.2. The molecule has 4 N–H and O–H groups in total. The third kappa shape index (κ3) is 19.7. The molecule has 2 rings (SSSR count). The smallest absolute Gasteiger partial charge is 0.264 e. The van der Waals surface area contributed by atoms with Gasteiger partial charge in [0.15, 0.2) is 5.82 Å². The molecular weight excluding hydrogens is 554 g/mol. The number of ether oxygens (including phenoxy) is 1. The van der Waals surface area contributed by atoms with E-state index in [0.717, 1.165) is 24.2 Å². The van der Waals surface area contributed by atoms with E-state index in [4.69, 9.17) is 19.4 Å². The van der Waals surface area contributed by atoms with Crippen molar-refractivity contribution in [2.24, 2.45) is 5.11 Å². The predicted molar refractivity (Wildman–Crippen MR) is 144 cm³/mol. The second kappa shape index (κ2) is 19.1. The molecule has 0 aliphatic rings. The van der Waals surface area contributed by atoms with Gasteiger partial charge in [0.2, 0.25) is 5.82 Å². The summed E-state index contributed by atoms with van der Waals surface area (Å²) in [6.45, 7) is 5.13. The second-order valence-electron chi connectivity index (χ2n) is 8.08. The molecule has 16 nitrogen and oxygen atoms in total. The zero-order valence-corrected chi connectivity index (χ0v) is 23.3. The SMILES string of the molecule is Cc1nnc(-c2ccc(OCCCNCCCS(=O)(=O)O)cc2)nn1.[N-]=[N+]=NCCCNCCCS(=O)(=O)O. The highest BCUT2D eigenvalue weighted by Gasteiger charge is 2.05. The lowest BCUT2D eigenvalue weighted by atomic mass is 10.2. The molecule has 39 heavy (non-hydrogen) atoms. The molecule has 1 aromatic heterocycles. The van der Waals surface area contributed by atoms with Crippen LogP contribution in [-0.2, 0) is 20.2 Å². The Balaban J connectivity index is 0.000000464. The molecule has 0 amide bonds. The Morgan fingerprint density at radius 2 is 1.36 bits per heavy atom. The normalized spacial score (nSPS) is 11.3. The van der Waals surface area contributed by atoms with Crippen molar-refractivity contribution in [1.29, 1.82) is 0 Å². The first-order chi connectivity index (χ1) is 18.5. The number of aromatic nitrogens is 4. The van der Waals surface area contributed by atoms with Crippen molar-refractivity contribution in [2.45, 2.75) is 32.6 Å². The monoisotopic (exact) mass is 589 g/mol. The number of nitrogens with one attached hydrogen (secondary N) is 2. The molecule has 18 heteroatoms. The van der Waals surface area contributed by atoms with Crippen LogP contribution >= 0.6 is 0 Å². The molecule has 0 fully saturated rings. The maximum absolute atomic E-state index is 10.5. The summed E-state index contributed by atoms with van der Waals surface area (Å²) in [5, 5.41) is 25.1.